The van der Waals surface area contributed by atoms with Gasteiger partial charge in [-0.25, -0.2) is 8.42 Å². The van der Waals surface area contributed by atoms with Gasteiger partial charge in [0.2, 0.25) is 0 Å². The van der Waals surface area contributed by atoms with Crippen LogP contribution in [0, 0.1) is 6.92 Å². The fraction of sp³-hybridized carbons (Fsp3) is 0.182. The van der Waals surface area contributed by atoms with E-state index in [-0.39, 0.29) is 11.5 Å². The van der Waals surface area contributed by atoms with Crippen molar-refractivity contribution >= 4 is 15.7 Å². The monoisotopic (exact) mass is 267 g/mol. The quantitative estimate of drug-likeness (QED) is 0.770. The van der Waals surface area contributed by atoms with E-state index in [1.807, 2.05) is 0 Å². The Morgan fingerprint density at radius 3 is 2.89 bits per heavy atom. The third-order valence-electron chi connectivity index (χ3n) is 2.48. The Kier molecular flexibility index (Phi) is 3.35. The van der Waals surface area contributed by atoms with Gasteiger partial charge in [0.05, 0.1) is 18.5 Å². The molecule has 2 aromatic rings. The molecule has 96 valence electrons. The summed E-state index contributed by atoms with van der Waals surface area (Å²) in [5, 5.41) is 8.89. The number of sulfonamides is 1. The van der Waals surface area contributed by atoms with Gasteiger partial charge in [0.15, 0.2) is 0 Å². The third kappa shape index (κ3) is 2.52. The number of nitrogens with one attached hydrogen (secondary N) is 2. The maximum absolute atomic E-state index is 12.0. The van der Waals surface area contributed by atoms with Gasteiger partial charge in [-0.2, -0.15) is 0 Å². The molecule has 0 saturated heterocycles. The molecule has 6 nitrogen and oxygen atoms in total. The number of rotatable bonds is 4. The second-order valence-corrected chi connectivity index (χ2v) is 5.50. The summed E-state index contributed by atoms with van der Waals surface area (Å²) in [4.78, 5) is 6.63. The number of pyridine rings is 1. The second-order valence-electron chi connectivity index (χ2n) is 3.81. The van der Waals surface area contributed by atoms with Crippen LogP contribution in [0.3, 0.4) is 0 Å². The Bertz CT molecular complexity index is 649. The minimum absolute atomic E-state index is 0.0785. The standard InChI is InChI=1S/C11H13N3O3S/c1-8-2-3-12-6-11(8)14-18(16,17)10-4-9(7-15)13-5-10/h2-6,13-15H,7H2,1H3. The van der Waals surface area contributed by atoms with Gasteiger partial charge in [0.1, 0.15) is 4.90 Å². The summed E-state index contributed by atoms with van der Waals surface area (Å²) in [5.74, 6) is 0. The van der Waals surface area contributed by atoms with Crippen LogP contribution >= 0.6 is 0 Å². The van der Waals surface area contributed by atoms with Crippen LogP contribution in [-0.2, 0) is 16.6 Å². The zero-order valence-electron chi connectivity index (χ0n) is 9.71. The van der Waals surface area contributed by atoms with Gasteiger partial charge in [-0.05, 0) is 24.6 Å². The number of aromatic nitrogens is 2. The predicted molar refractivity (Wildman–Crippen MR) is 66.5 cm³/mol. The molecule has 0 amide bonds. The fourth-order valence-corrected chi connectivity index (χ4v) is 2.57. The number of hydrogen-bond donors (Lipinski definition) is 3. The van der Waals surface area contributed by atoms with Crippen molar-refractivity contribution in [2.75, 3.05) is 4.72 Å². The molecule has 0 bridgehead atoms. The van der Waals surface area contributed by atoms with Gasteiger partial charge in [0.25, 0.3) is 10.0 Å². The highest BCUT2D eigenvalue weighted by molar-refractivity contribution is 7.92. The van der Waals surface area contributed by atoms with Crippen LogP contribution in [0.25, 0.3) is 0 Å². The normalized spacial score (nSPS) is 11.4. The molecule has 18 heavy (non-hydrogen) atoms. The van der Waals surface area contributed by atoms with Gasteiger partial charge in [-0.15, -0.1) is 0 Å². The molecule has 0 saturated carbocycles. The van der Waals surface area contributed by atoms with Gasteiger partial charge in [0, 0.05) is 18.1 Å². The molecular weight excluding hydrogens is 254 g/mol. The van der Waals surface area contributed by atoms with Crippen LogP contribution in [-0.4, -0.2) is 23.5 Å². The van der Waals surface area contributed by atoms with Crippen LogP contribution in [0.2, 0.25) is 0 Å². The van der Waals surface area contributed by atoms with E-state index in [2.05, 4.69) is 14.7 Å². The Balaban J connectivity index is 2.30. The summed E-state index contributed by atoms with van der Waals surface area (Å²) in [6, 6.07) is 3.10. The number of anilines is 1. The summed E-state index contributed by atoms with van der Waals surface area (Å²) in [6.45, 7) is 1.55. The van der Waals surface area contributed by atoms with Crippen LogP contribution in [0.1, 0.15) is 11.3 Å². The number of aliphatic hydroxyl groups is 1. The van der Waals surface area contributed by atoms with Crippen LogP contribution in [0.5, 0.6) is 0 Å². The summed E-state index contributed by atoms with van der Waals surface area (Å²) in [6.07, 6.45) is 4.37. The fourth-order valence-electron chi connectivity index (χ4n) is 1.44. The summed E-state index contributed by atoms with van der Waals surface area (Å²) in [7, 11) is -3.66. The van der Waals surface area contributed by atoms with Gasteiger partial charge in [-0.1, -0.05) is 0 Å². The zero-order valence-corrected chi connectivity index (χ0v) is 10.5. The van der Waals surface area contributed by atoms with E-state index in [0.717, 1.165) is 5.56 Å². The molecule has 3 N–H and O–H groups in total. The Labute approximate surface area is 105 Å². The number of aliphatic hydroxyl groups excluding tert-OH is 1. The molecule has 0 aliphatic rings. The lowest BCUT2D eigenvalue weighted by molar-refractivity contribution is 0.277. The van der Waals surface area contributed by atoms with Gasteiger partial charge in [-0.3, -0.25) is 9.71 Å². The highest BCUT2D eigenvalue weighted by Crippen LogP contribution is 2.18. The molecule has 0 unspecified atom stereocenters. The van der Waals surface area contributed by atoms with E-state index >= 15 is 0 Å². The number of hydrogen-bond acceptors (Lipinski definition) is 4. The smallest absolute Gasteiger partial charge is 0.263 e. The number of aryl methyl sites for hydroxylation is 1. The summed E-state index contributed by atoms with van der Waals surface area (Å²) < 4.78 is 26.5. The van der Waals surface area contributed by atoms with Crippen molar-refractivity contribution in [3.8, 4) is 0 Å². The molecule has 2 rings (SSSR count). The second kappa shape index (κ2) is 4.79. The first kappa shape index (κ1) is 12.6. The lowest BCUT2D eigenvalue weighted by Crippen LogP contribution is -2.13. The summed E-state index contributed by atoms with van der Waals surface area (Å²) in [5.41, 5.74) is 1.66. The van der Waals surface area contributed by atoms with Crippen molar-refractivity contribution in [3.05, 3.63) is 42.0 Å². The first-order chi connectivity index (χ1) is 8.53. The highest BCUT2D eigenvalue weighted by atomic mass is 32.2. The molecule has 0 spiro atoms. The largest absolute Gasteiger partial charge is 0.390 e. The van der Waals surface area contributed by atoms with Crippen molar-refractivity contribution in [2.45, 2.75) is 18.4 Å². The molecule has 0 aliphatic heterocycles. The Hall–Kier alpha value is -1.86. The average Bonchev–Trinajstić information content (AvgIpc) is 2.81. The molecule has 7 heteroatoms. The lowest BCUT2D eigenvalue weighted by atomic mass is 10.3. The SMILES string of the molecule is Cc1ccncc1NS(=O)(=O)c1c[nH]c(CO)c1. The number of H-pyrrole nitrogens is 1. The minimum Gasteiger partial charge on any atom is -0.390 e. The Morgan fingerprint density at radius 1 is 1.50 bits per heavy atom. The maximum atomic E-state index is 12.0. The van der Waals surface area contributed by atoms with E-state index in [4.69, 9.17) is 5.11 Å². The highest BCUT2D eigenvalue weighted by Gasteiger charge is 2.16. The van der Waals surface area contributed by atoms with Crippen molar-refractivity contribution in [2.24, 2.45) is 0 Å². The number of nitrogens with zero attached hydrogens (tertiary/aromatic N) is 1. The molecule has 0 radical (unpaired) electrons. The van der Waals surface area contributed by atoms with Crippen molar-refractivity contribution in [1.29, 1.82) is 0 Å². The minimum atomic E-state index is -3.66. The Morgan fingerprint density at radius 2 is 2.28 bits per heavy atom. The number of aromatic amines is 1. The molecule has 0 aromatic carbocycles. The van der Waals surface area contributed by atoms with E-state index in [0.29, 0.717) is 11.4 Å². The van der Waals surface area contributed by atoms with E-state index in [1.165, 1.54) is 18.5 Å². The van der Waals surface area contributed by atoms with Gasteiger partial charge >= 0.3 is 0 Å². The summed E-state index contributed by atoms with van der Waals surface area (Å²) >= 11 is 0. The van der Waals surface area contributed by atoms with E-state index < -0.39 is 10.0 Å². The van der Waals surface area contributed by atoms with Crippen LogP contribution in [0.4, 0.5) is 5.69 Å². The van der Waals surface area contributed by atoms with Crippen LogP contribution in [0.15, 0.2) is 35.6 Å². The molecule has 0 atom stereocenters. The molecule has 2 heterocycles. The zero-order chi connectivity index (χ0) is 13.2. The van der Waals surface area contributed by atoms with Crippen molar-refractivity contribution < 1.29 is 13.5 Å². The topological polar surface area (TPSA) is 95.1 Å². The molecule has 2 aromatic heterocycles. The molecule has 0 fully saturated rings. The van der Waals surface area contributed by atoms with Crippen molar-refractivity contribution in [1.82, 2.24) is 9.97 Å². The van der Waals surface area contributed by atoms with Crippen molar-refractivity contribution in [3.63, 3.8) is 0 Å². The lowest BCUT2D eigenvalue weighted by Gasteiger charge is -2.08. The predicted octanol–water partition coefficient (Wildman–Crippen LogP) is 1.01. The molecule has 0 aliphatic carbocycles. The first-order valence-corrected chi connectivity index (χ1v) is 6.73. The average molecular weight is 267 g/mol. The molecular formula is C11H13N3O3S. The third-order valence-corrected chi connectivity index (χ3v) is 3.83. The maximum Gasteiger partial charge on any atom is 0.263 e. The first-order valence-electron chi connectivity index (χ1n) is 5.24. The van der Waals surface area contributed by atoms with E-state index in [9.17, 15) is 8.42 Å². The van der Waals surface area contributed by atoms with E-state index in [1.54, 1.807) is 19.2 Å². The van der Waals surface area contributed by atoms with Crippen LogP contribution < -0.4 is 4.72 Å². The van der Waals surface area contributed by atoms with Gasteiger partial charge < -0.3 is 10.1 Å².